The molecule has 1 atom stereocenters. The Bertz CT molecular complexity index is 811. The van der Waals surface area contributed by atoms with Gasteiger partial charge in [-0.2, -0.15) is 0 Å². The smallest absolute Gasteiger partial charge is 0.257 e. The van der Waals surface area contributed by atoms with E-state index in [1.165, 1.54) is 11.3 Å². The van der Waals surface area contributed by atoms with Crippen molar-refractivity contribution in [3.8, 4) is 0 Å². The summed E-state index contributed by atoms with van der Waals surface area (Å²) < 4.78 is 0.287. The number of likely N-dealkylation sites (N-methyl/N-ethyl adjacent to an activating group) is 1. The van der Waals surface area contributed by atoms with Crippen molar-refractivity contribution in [2.24, 2.45) is 0 Å². The molecule has 2 aromatic rings. The molecule has 0 radical (unpaired) electrons. The summed E-state index contributed by atoms with van der Waals surface area (Å²) in [5.74, 6) is -0.325. The molecule has 1 N–H and O–H groups in total. The summed E-state index contributed by atoms with van der Waals surface area (Å²) in [6.07, 6.45) is -0.554. The molecule has 2 amide bonds. The zero-order valence-electron chi connectivity index (χ0n) is 12.9. The number of carbonyl (C=O) groups is 2. The molecule has 1 aliphatic rings. The number of carbonyl (C=O) groups excluding carboxylic acids is 2. The number of thiazole rings is 1. The number of halogens is 2. The van der Waals surface area contributed by atoms with Crippen molar-refractivity contribution in [3.05, 3.63) is 44.3 Å². The first-order valence-corrected chi connectivity index (χ1v) is 8.66. The highest BCUT2D eigenvalue weighted by Gasteiger charge is 2.39. The summed E-state index contributed by atoms with van der Waals surface area (Å²) in [6, 6.07) is 7.17. The number of nitrogens with zero attached hydrogens (tertiary/aromatic N) is 3. The molecule has 0 saturated heterocycles. The number of anilines is 1. The van der Waals surface area contributed by atoms with Crippen LogP contribution >= 0.6 is 34.5 Å². The first-order valence-electron chi connectivity index (χ1n) is 7.09. The van der Waals surface area contributed by atoms with Gasteiger partial charge in [0.15, 0.2) is 4.47 Å². The molecule has 1 aromatic heterocycles. The molecule has 1 unspecified atom stereocenters. The third-order valence-electron chi connectivity index (χ3n) is 3.84. The van der Waals surface area contributed by atoms with Crippen molar-refractivity contribution in [2.75, 3.05) is 25.5 Å². The molecular weight excluding hydrogens is 371 g/mol. The molecular formula is C15H14Cl2N4O2S. The molecule has 0 fully saturated rings. The van der Waals surface area contributed by atoms with E-state index in [1.807, 2.05) is 17.0 Å². The van der Waals surface area contributed by atoms with Gasteiger partial charge in [0.1, 0.15) is 11.3 Å². The van der Waals surface area contributed by atoms with E-state index in [4.69, 9.17) is 23.2 Å². The third-order valence-corrected chi connectivity index (χ3v) is 5.44. The van der Waals surface area contributed by atoms with Gasteiger partial charge in [-0.25, -0.2) is 4.98 Å². The highest BCUT2D eigenvalue weighted by molar-refractivity contribution is 7.16. The highest BCUT2D eigenvalue weighted by atomic mass is 35.5. The summed E-state index contributed by atoms with van der Waals surface area (Å²) in [4.78, 5) is 32.8. The van der Waals surface area contributed by atoms with E-state index in [2.05, 4.69) is 10.3 Å². The second-order valence-corrected chi connectivity index (χ2v) is 7.20. The van der Waals surface area contributed by atoms with Gasteiger partial charge in [-0.1, -0.05) is 35.3 Å². The molecule has 0 spiro atoms. The van der Waals surface area contributed by atoms with Crippen LogP contribution in [0, 0.1) is 0 Å². The van der Waals surface area contributed by atoms with E-state index in [0.717, 1.165) is 0 Å². The minimum Gasteiger partial charge on any atom is -0.358 e. The predicted molar refractivity (Wildman–Crippen MR) is 94.8 cm³/mol. The van der Waals surface area contributed by atoms with Crippen molar-refractivity contribution in [1.82, 2.24) is 15.2 Å². The zero-order valence-corrected chi connectivity index (χ0v) is 15.2. The second kappa shape index (κ2) is 6.58. The first-order chi connectivity index (χ1) is 11.4. The van der Waals surface area contributed by atoms with E-state index in [9.17, 15) is 9.59 Å². The largest absolute Gasteiger partial charge is 0.358 e. The maximum atomic E-state index is 12.7. The lowest BCUT2D eigenvalue weighted by Gasteiger charge is -2.43. The summed E-state index contributed by atoms with van der Waals surface area (Å²) >= 11 is 13.4. The van der Waals surface area contributed by atoms with Crippen molar-refractivity contribution in [1.29, 1.82) is 0 Å². The van der Waals surface area contributed by atoms with Crippen LogP contribution < -0.4 is 10.2 Å². The lowest BCUT2D eigenvalue weighted by molar-refractivity contribution is -0.119. The van der Waals surface area contributed by atoms with Crippen molar-refractivity contribution in [3.63, 3.8) is 0 Å². The maximum Gasteiger partial charge on any atom is 0.257 e. The van der Waals surface area contributed by atoms with Gasteiger partial charge in [-0.05, 0) is 12.1 Å². The number of rotatable bonds is 3. The normalized spacial score (nSPS) is 17.0. The molecule has 3 rings (SSSR count). The van der Waals surface area contributed by atoms with Crippen LogP contribution in [0.3, 0.4) is 0 Å². The van der Waals surface area contributed by atoms with Gasteiger partial charge in [0, 0.05) is 14.1 Å². The topological polar surface area (TPSA) is 65.5 Å². The molecule has 24 heavy (non-hydrogen) atoms. The Labute approximate surface area is 153 Å². The Morgan fingerprint density at radius 2 is 2.08 bits per heavy atom. The molecule has 1 aliphatic heterocycles. The van der Waals surface area contributed by atoms with Crippen LogP contribution in [0.4, 0.5) is 5.69 Å². The summed E-state index contributed by atoms with van der Waals surface area (Å²) in [7, 11) is 3.24. The number of hydrogen-bond donors (Lipinski definition) is 1. The van der Waals surface area contributed by atoms with E-state index >= 15 is 0 Å². The van der Waals surface area contributed by atoms with Gasteiger partial charge in [-0.3, -0.25) is 9.59 Å². The number of amides is 2. The molecule has 9 heteroatoms. The summed E-state index contributed by atoms with van der Waals surface area (Å²) in [5, 5.41) is 2.84. The van der Waals surface area contributed by atoms with E-state index < -0.39 is 6.17 Å². The Morgan fingerprint density at radius 3 is 2.71 bits per heavy atom. The van der Waals surface area contributed by atoms with Crippen LogP contribution in [0.2, 0.25) is 9.62 Å². The lowest BCUT2D eigenvalue weighted by atomic mass is 10.1. The van der Waals surface area contributed by atoms with E-state index in [-0.39, 0.29) is 28.0 Å². The molecule has 126 valence electrons. The van der Waals surface area contributed by atoms with Crippen molar-refractivity contribution < 1.29 is 9.59 Å². The van der Waals surface area contributed by atoms with E-state index in [0.29, 0.717) is 16.1 Å². The molecule has 2 heterocycles. The van der Waals surface area contributed by atoms with E-state index in [1.54, 1.807) is 31.1 Å². The number of nitrogens with one attached hydrogen (secondary N) is 1. The zero-order chi connectivity index (χ0) is 17.4. The Hall–Kier alpha value is -1.83. The first kappa shape index (κ1) is 17.0. The second-order valence-electron chi connectivity index (χ2n) is 5.23. The van der Waals surface area contributed by atoms with Crippen LogP contribution in [0.1, 0.15) is 21.4 Å². The summed E-state index contributed by atoms with van der Waals surface area (Å²) in [5.41, 5.74) is 1.21. The van der Waals surface area contributed by atoms with Crippen LogP contribution in [0.15, 0.2) is 24.3 Å². The summed E-state index contributed by atoms with van der Waals surface area (Å²) in [6.45, 7) is 0.0711. The fourth-order valence-corrected chi connectivity index (χ4v) is 4.28. The molecule has 1 aromatic carbocycles. The monoisotopic (exact) mass is 384 g/mol. The predicted octanol–water partition coefficient (Wildman–Crippen LogP) is 2.79. The van der Waals surface area contributed by atoms with Crippen molar-refractivity contribution >= 4 is 52.0 Å². The minimum absolute atomic E-state index is 0.0711. The van der Waals surface area contributed by atoms with Gasteiger partial charge in [-0.15, -0.1) is 11.3 Å². The number of hydrogen-bond acceptors (Lipinski definition) is 5. The number of benzene rings is 1. The number of para-hydroxylation sites is 1. The number of fused-ring (bicyclic) bond motifs is 1. The lowest BCUT2D eigenvalue weighted by Crippen LogP contribution is -2.50. The highest BCUT2D eigenvalue weighted by Crippen LogP contribution is 2.42. The quantitative estimate of drug-likeness (QED) is 0.883. The molecule has 0 aliphatic carbocycles. The standard InChI is InChI=1S/C15H14Cl2N4O2S/c1-18-10(22)7-21-9-6-4-3-5-8(9)14(23)20(2)13(21)11-12(16)19-15(17)24-11/h3-6,13H,7H2,1-2H3,(H,18,22). The van der Waals surface area contributed by atoms with Crippen LogP contribution in [0.5, 0.6) is 0 Å². The average Bonchev–Trinajstić information content (AvgIpc) is 2.90. The van der Waals surface area contributed by atoms with Crippen LogP contribution in [-0.2, 0) is 4.79 Å². The van der Waals surface area contributed by atoms with Gasteiger partial charge in [0.05, 0.1) is 22.7 Å². The van der Waals surface area contributed by atoms with Gasteiger partial charge in [0.25, 0.3) is 5.91 Å². The van der Waals surface area contributed by atoms with Crippen LogP contribution in [0.25, 0.3) is 0 Å². The van der Waals surface area contributed by atoms with Crippen LogP contribution in [-0.4, -0.2) is 42.3 Å². The Kier molecular flexibility index (Phi) is 4.67. The Balaban J connectivity index is 2.16. The van der Waals surface area contributed by atoms with Gasteiger partial charge >= 0.3 is 0 Å². The third kappa shape index (κ3) is 2.83. The van der Waals surface area contributed by atoms with Gasteiger partial charge < -0.3 is 15.1 Å². The Morgan fingerprint density at radius 1 is 1.38 bits per heavy atom. The fraction of sp³-hybridized carbons (Fsp3) is 0.267. The van der Waals surface area contributed by atoms with Gasteiger partial charge in [0.2, 0.25) is 5.91 Å². The molecule has 0 saturated carbocycles. The number of aromatic nitrogens is 1. The van der Waals surface area contributed by atoms with Crippen molar-refractivity contribution in [2.45, 2.75) is 6.17 Å². The maximum absolute atomic E-state index is 12.7. The molecule has 0 bridgehead atoms. The fourth-order valence-electron chi connectivity index (χ4n) is 2.72. The molecule has 6 nitrogen and oxygen atoms in total. The SMILES string of the molecule is CNC(=O)CN1c2ccccc2C(=O)N(C)C1c1sc(Cl)nc1Cl. The average molecular weight is 385 g/mol. The minimum atomic E-state index is -0.554.